The van der Waals surface area contributed by atoms with E-state index in [1.165, 1.54) is 0 Å². The Balaban J connectivity index is 1.02. The van der Waals surface area contributed by atoms with Crippen molar-refractivity contribution >= 4 is 40.1 Å². The maximum Gasteiger partial charge on any atom is 0.270 e. The van der Waals surface area contributed by atoms with Crippen LogP contribution in [0.25, 0.3) is 27.7 Å². The van der Waals surface area contributed by atoms with Gasteiger partial charge in [-0.15, -0.1) is 0 Å². The van der Waals surface area contributed by atoms with Crippen molar-refractivity contribution < 1.29 is 19.2 Å². The van der Waals surface area contributed by atoms with Gasteiger partial charge >= 0.3 is 0 Å². The minimum atomic E-state index is -0.484. The van der Waals surface area contributed by atoms with Crippen LogP contribution in [-0.4, -0.2) is 67.9 Å². The van der Waals surface area contributed by atoms with Gasteiger partial charge in [-0.1, -0.05) is 43.9 Å². The number of fused-ring (bicyclic) bond motifs is 2. The summed E-state index contributed by atoms with van der Waals surface area (Å²) >= 11 is 0. The number of carbonyl (C=O) groups excluding carboxylic acids is 4. The summed E-state index contributed by atoms with van der Waals surface area (Å²) in [6.07, 6.45) is 4.54. The summed E-state index contributed by atoms with van der Waals surface area (Å²) < 4.78 is 1.97. The summed E-state index contributed by atoms with van der Waals surface area (Å²) in [6, 6.07) is 18.3. The normalized spacial score (nSPS) is 15.6. The van der Waals surface area contributed by atoms with Crippen LogP contribution in [0.5, 0.6) is 0 Å². The molecule has 1 unspecified atom stereocenters. The Morgan fingerprint density at radius 1 is 1.04 bits per heavy atom. The zero-order valence-corrected chi connectivity index (χ0v) is 28.5. The molecule has 2 aliphatic rings. The average Bonchev–Trinajstić information content (AvgIpc) is 3.49. The molecule has 1 fully saturated rings. The summed E-state index contributed by atoms with van der Waals surface area (Å²) in [6.45, 7) is 4.80. The third-order valence-corrected chi connectivity index (χ3v) is 9.08. The van der Waals surface area contributed by atoms with E-state index < -0.39 is 6.04 Å². The van der Waals surface area contributed by atoms with Crippen LogP contribution in [0.15, 0.2) is 73.1 Å². The van der Waals surface area contributed by atoms with Crippen molar-refractivity contribution in [3.05, 3.63) is 101 Å². The lowest BCUT2D eigenvalue weighted by Gasteiger charge is -2.24. The number of likely N-dealkylation sites (N-methyl/N-ethyl adjacent to an activating group) is 1. The highest BCUT2D eigenvalue weighted by Gasteiger charge is 2.30. The number of hydrogen-bond acceptors (Lipinski definition) is 8. The molecule has 0 saturated carbocycles. The molecule has 1 saturated heterocycles. The van der Waals surface area contributed by atoms with Gasteiger partial charge in [0.2, 0.25) is 17.7 Å². The lowest BCUT2D eigenvalue weighted by atomic mass is 9.98. The number of hydrogen-bond donors (Lipinski definition) is 3. The van der Waals surface area contributed by atoms with Crippen LogP contribution < -0.4 is 16.0 Å². The molecule has 0 bridgehead atoms. The number of nitrogens with zero attached hydrogens (tertiary/aromatic N) is 5. The average molecular weight is 681 g/mol. The fraction of sp³-hybridized carbons (Fsp3) is 0.256. The number of benzene rings is 2. The fourth-order valence-electron chi connectivity index (χ4n) is 6.38. The van der Waals surface area contributed by atoms with E-state index in [1.54, 1.807) is 17.2 Å². The first-order valence-electron chi connectivity index (χ1n) is 16.8. The number of rotatable bonds is 7. The molecule has 256 valence electrons. The number of nitrogens with one attached hydrogen (secondary N) is 3. The van der Waals surface area contributed by atoms with Gasteiger partial charge in [0.15, 0.2) is 0 Å². The number of imide groups is 1. The Hall–Kier alpha value is -6.35. The maximum atomic E-state index is 12.8. The van der Waals surface area contributed by atoms with Crippen LogP contribution >= 0.6 is 0 Å². The second kappa shape index (κ2) is 13.9. The Labute approximate surface area is 294 Å². The second-order valence-electron chi connectivity index (χ2n) is 13.0. The quantitative estimate of drug-likeness (QED) is 0.172. The van der Waals surface area contributed by atoms with Crippen LogP contribution in [0.2, 0.25) is 0 Å². The van der Waals surface area contributed by atoms with Crippen LogP contribution in [0.1, 0.15) is 65.6 Å². The molecular formula is C39H36N8O4. The fourth-order valence-corrected chi connectivity index (χ4v) is 6.38. The predicted molar refractivity (Wildman–Crippen MR) is 192 cm³/mol. The minimum absolute atomic E-state index is 0.0973. The van der Waals surface area contributed by atoms with Gasteiger partial charge in [0, 0.05) is 53.6 Å². The molecular weight excluding hydrogens is 644 g/mol. The molecule has 5 aromatic rings. The van der Waals surface area contributed by atoms with E-state index in [1.807, 2.05) is 72.5 Å². The van der Waals surface area contributed by atoms with E-state index in [4.69, 9.17) is 10.1 Å². The Morgan fingerprint density at radius 2 is 1.88 bits per heavy atom. The summed E-state index contributed by atoms with van der Waals surface area (Å²) in [5.41, 5.74) is 7.06. The molecule has 1 atom stereocenters. The largest absolute Gasteiger partial charge is 0.374 e. The highest BCUT2D eigenvalue weighted by atomic mass is 16.2. The molecule has 3 aromatic heterocycles. The monoisotopic (exact) mass is 680 g/mol. The third kappa shape index (κ3) is 6.91. The van der Waals surface area contributed by atoms with E-state index in [-0.39, 0.29) is 41.8 Å². The van der Waals surface area contributed by atoms with Crippen LogP contribution in [0.3, 0.4) is 0 Å². The lowest BCUT2D eigenvalue weighted by molar-refractivity contribution is -0.134. The van der Waals surface area contributed by atoms with Gasteiger partial charge in [-0.3, -0.25) is 34.5 Å². The van der Waals surface area contributed by atoms with E-state index >= 15 is 0 Å². The highest BCUT2D eigenvalue weighted by molar-refractivity contribution is 6.01. The molecule has 4 amide bonds. The SMILES string of the molecule is CC(C)c1nn(-c2cccc3cc(-c4ccc(C(=O)NCC#Cc5cccc(NC6CCC(=O)NC6=O)c5)nc4)ncc23)c2c1CC(=O)N(C)C2. The minimum Gasteiger partial charge on any atom is -0.374 e. The summed E-state index contributed by atoms with van der Waals surface area (Å²) in [4.78, 5) is 59.7. The molecule has 12 nitrogen and oxygen atoms in total. The van der Waals surface area contributed by atoms with Gasteiger partial charge in [0.1, 0.15) is 11.7 Å². The van der Waals surface area contributed by atoms with Gasteiger partial charge < -0.3 is 15.5 Å². The molecule has 2 aromatic carbocycles. The molecule has 0 spiro atoms. The second-order valence-corrected chi connectivity index (χ2v) is 13.0. The van der Waals surface area contributed by atoms with Gasteiger partial charge in [0.05, 0.1) is 42.3 Å². The number of carbonyl (C=O) groups is 4. The third-order valence-electron chi connectivity index (χ3n) is 9.08. The van der Waals surface area contributed by atoms with Crippen LogP contribution in [-0.2, 0) is 27.3 Å². The van der Waals surface area contributed by atoms with Gasteiger partial charge in [-0.2, -0.15) is 5.10 Å². The van der Waals surface area contributed by atoms with Gasteiger partial charge in [-0.25, -0.2) is 4.68 Å². The first-order valence-corrected chi connectivity index (χ1v) is 16.8. The Morgan fingerprint density at radius 3 is 2.67 bits per heavy atom. The number of piperidine rings is 1. The number of anilines is 1. The smallest absolute Gasteiger partial charge is 0.270 e. The molecule has 0 aliphatic carbocycles. The molecule has 51 heavy (non-hydrogen) atoms. The molecule has 2 aliphatic heterocycles. The van der Waals surface area contributed by atoms with Crippen molar-refractivity contribution in [3.63, 3.8) is 0 Å². The summed E-state index contributed by atoms with van der Waals surface area (Å²) in [5.74, 6) is 5.30. The van der Waals surface area contributed by atoms with Crippen molar-refractivity contribution in [2.24, 2.45) is 0 Å². The van der Waals surface area contributed by atoms with Crippen molar-refractivity contribution in [1.29, 1.82) is 0 Å². The van der Waals surface area contributed by atoms with E-state index in [2.05, 4.69) is 46.6 Å². The van der Waals surface area contributed by atoms with Crippen molar-refractivity contribution in [2.45, 2.75) is 51.6 Å². The Bertz CT molecular complexity index is 2260. The summed E-state index contributed by atoms with van der Waals surface area (Å²) in [5, 5.41) is 15.2. The molecule has 0 radical (unpaired) electrons. The van der Waals surface area contributed by atoms with E-state index in [9.17, 15) is 19.2 Å². The first kappa shape index (κ1) is 33.2. The molecule has 5 heterocycles. The van der Waals surface area contributed by atoms with Crippen LogP contribution in [0.4, 0.5) is 5.69 Å². The van der Waals surface area contributed by atoms with Crippen molar-refractivity contribution in [1.82, 2.24) is 35.3 Å². The van der Waals surface area contributed by atoms with Crippen molar-refractivity contribution in [3.8, 4) is 28.8 Å². The number of amides is 4. The van der Waals surface area contributed by atoms with Gasteiger partial charge in [-0.05, 0) is 60.2 Å². The van der Waals surface area contributed by atoms with Crippen molar-refractivity contribution in [2.75, 3.05) is 18.9 Å². The zero-order chi connectivity index (χ0) is 35.6. The Kier molecular flexibility index (Phi) is 9.02. The lowest BCUT2D eigenvalue weighted by Crippen LogP contribution is -2.47. The molecule has 12 heteroatoms. The zero-order valence-electron chi connectivity index (χ0n) is 28.5. The standard InChI is InChI=1S/C39H36N8O4/c1-23(2)37-28-19-36(49)46(3)22-34(28)47(45-37)33-11-5-9-25-18-32(42-21-29(25)33)26-12-13-30(41-20-26)38(50)40-16-6-8-24-7-4-10-27(17-24)43-31-14-15-35(48)44-39(31)51/h4-5,7,9-13,17-18,20-21,23,31,43H,14-16,19,22H2,1-3H3,(H,40,50)(H,44,48,51). The van der Waals surface area contributed by atoms with E-state index in [0.29, 0.717) is 31.4 Å². The number of pyridine rings is 2. The van der Waals surface area contributed by atoms with Gasteiger partial charge in [0.25, 0.3) is 5.91 Å². The predicted octanol–water partition coefficient (Wildman–Crippen LogP) is 4.12. The topological polar surface area (TPSA) is 151 Å². The molecule has 7 rings (SSSR count). The van der Waals surface area contributed by atoms with Crippen LogP contribution in [0, 0.1) is 11.8 Å². The first-order chi connectivity index (χ1) is 24.6. The highest BCUT2D eigenvalue weighted by Crippen LogP contribution is 2.32. The number of aromatic nitrogens is 4. The summed E-state index contributed by atoms with van der Waals surface area (Å²) in [7, 11) is 1.82. The maximum absolute atomic E-state index is 12.8. The molecule has 3 N–H and O–H groups in total. The van der Waals surface area contributed by atoms with E-state index in [0.717, 1.165) is 50.4 Å².